The Hall–Kier alpha value is -1.64. The van der Waals surface area contributed by atoms with Crippen molar-refractivity contribution >= 4 is 17.1 Å². The number of hydrogen-bond donors (Lipinski definition) is 2. The van der Waals surface area contributed by atoms with Crippen molar-refractivity contribution in [1.29, 1.82) is 0 Å². The Kier molecular flexibility index (Phi) is 2.24. The van der Waals surface area contributed by atoms with Gasteiger partial charge in [-0.15, -0.1) is 0 Å². The maximum Gasteiger partial charge on any atom is 0.0638 e. The summed E-state index contributed by atoms with van der Waals surface area (Å²) < 4.78 is 0. The van der Waals surface area contributed by atoms with E-state index in [1.54, 1.807) is 12.3 Å². The first-order valence-electron chi connectivity index (χ1n) is 3.65. The predicted octanol–water partition coefficient (Wildman–Crippen LogP) is 1.43. The molecule has 0 radical (unpaired) electrons. The zero-order valence-corrected chi connectivity index (χ0v) is 7.12. The Morgan fingerprint density at radius 2 is 2.08 bits per heavy atom. The largest absolute Gasteiger partial charge is 0.399 e. The van der Waals surface area contributed by atoms with Gasteiger partial charge in [0.25, 0.3) is 0 Å². The minimum Gasteiger partial charge on any atom is -0.399 e. The molecule has 0 aromatic heterocycles. The Balaban J connectivity index is 3.09. The average molecular weight is 163 g/mol. The third kappa shape index (κ3) is 1.50. The summed E-state index contributed by atoms with van der Waals surface area (Å²) in [6, 6.07) is 5.41. The second-order valence-corrected chi connectivity index (χ2v) is 2.61. The molecule has 3 heteroatoms. The molecule has 0 bridgehead atoms. The lowest BCUT2D eigenvalue weighted by Gasteiger charge is -2.15. The van der Waals surface area contributed by atoms with E-state index in [4.69, 9.17) is 11.5 Å². The van der Waals surface area contributed by atoms with Gasteiger partial charge in [-0.2, -0.15) is 0 Å². The summed E-state index contributed by atoms with van der Waals surface area (Å²) in [6.45, 7) is 3.64. The van der Waals surface area contributed by atoms with Crippen LogP contribution in [-0.4, -0.2) is 7.05 Å². The van der Waals surface area contributed by atoms with Gasteiger partial charge in [-0.05, 0) is 24.4 Å². The van der Waals surface area contributed by atoms with Crippen LogP contribution >= 0.6 is 0 Å². The number of rotatable bonds is 2. The van der Waals surface area contributed by atoms with Crippen LogP contribution in [0.25, 0.3) is 0 Å². The molecule has 0 heterocycles. The van der Waals surface area contributed by atoms with Crippen molar-refractivity contribution in [1.82, 2.24) is 0 Å². The number of anilines is 3. The summed E-state index contributed by atoms with van der Waals surface area (Å²) in [5, 5.41) is 0. The van der Waals surface area contributed by atoms with Crippen LogP contribution in [-0.2, 0) is 0 Å². The molecule has 3 nitrogen and oxygen atoms in total. The Labute approximate surface area is 72.3 Å². The highest BCUT2D eigenvalue weighted by Crippen LogP contribution is 2.24. The monoisotopic (exact) mass is 163 g/mol. The van der Waals surface area contributed by atoms with Crippen molar-refractivity contribution in [2.45, 2.75) is 0 Å². The average Bonchev–Trinajstić information content (AvgIpc) is 2.03. The quantitative estimate of drug-likeness (QED) is 0.648. The van der Waals surface area contributed by atoms with Gasteiger partial charge in [0, 0.05) is 12.7 Å². The molecule has 4 N–H and O–H groups in total. The van der Waals surface area contributed by atoms with E-state index >= 15 is 0 Å². The van der Waals surface area contributed by atoms with Crippen molar-refractivity contribution < 1.29 is 0 Å². The normalized spacial score (nSPS) is 9.42. The van der Waals surface area contributed by atoms with E-state index in [-0.39, 0.29) is 0 Å². The van der Waals surface area contributed by atoms with E-state index in [1.165, 1.54) is 0 Å². The fraction of sp³-hybridized carbons (Fsp3) is 0.111. The number of hydrogen-bond acceptors (Lipinski definition) is 3. The lowest BCUT2D eigenvalue weighted by molar-refractivity contribution is 1.21. The molecule has 0 saturated carbocycles. The van der Waals surface area contributed by atoms with E-state index in [1.807, 2.05) is 24.1 Å². The predicted molar refractivity (Wildman–Crippen MR) is 53.9 cm³/mol. The topological polar surface area (TPSA) is 55.3 Å². The molecule has 1 aromatic rings. The van der Waals surface area contributed by atoms with Gasteiger partial charge in [-0.3, -0.25) is 0 Å². The van der Waals surface area contributed by atoms with Crippen LogP contribution in [0.3, 0.4) is 0 Å². The first-order valence-corrected chi connectivity index (χ1v) is 3.65. The molecule has 0 atom stereocenters. The maximum absolute atomic E-state index is 5.73. The summed E-state index contributed by atoms with van der Waals surface area (Å²) in [5.41, 5.74) is 13.5. The van der Waals surface area contributed by atoms with Crippen LogP contribution in [0.5, 0.6) is 0 Å². The maximum atomic E-state index is 5.73. The van der Waals surface area contributed by atoms with Crippen LogP contribution in [0, 0.1) is 0 Å². The highest BCUT2D eigenvalue weighted by molar-refractivity contribution is 5.72. The lowest BCUT2D eigenvalue weighted by Crippen LogP contribution is -2.09. The molecule has 0 fully saturated rings. The molecule has 1 aromatic carbocycles. The van der Waals surface area contributed by atoms with Gasteiger partial charge in [-0.1, -0.05) is 6.58 Å². The summed E-state index contributed by atoms with van der Waals surface area (Å²) >= 11 is 0. The zero-order valence-electron chi connectivity index (χ0n) is 7.12. The van der Waals surface area contributed by atoms with E-state index in [0.717, 1.165) is 5.69 Å². The van der Waals surface area contributed by atoms with Gasteiger partial charge in [-0.25, -0.2) is 0 Å². The molecule has 0 spiro atoms. The third-order valence-corrected chi connectivity index (χ3v) is 1.71. The highest BCUT2D eigenvalue weighted by Gasteiger charge is 2.00. The molecule has 0 saturated heterocycles. The first kappa shape index (κ1) is 8.46. The summed E-state index contributed by atoms with van der Waals surface area (Å²) in [5.74, 6) is 0. The molecular formula is C9H13N3. The van der Waals surface area contributed by atoms with Crippen LogP contribution < -0.4 is 16.4 Å². The van der Waals surface area contributed by atoms with Crippen LogP contribution in [0.2, 0.25) is 0 Å². The smallest absolute Gasteiger partial charge is 0.0638 e. The van der Waals surface area contributed by atoms with Crippen molar-refractivity contribution in [3.05, 3.63) is 31.0 Å². The second kappa shape index (κ2) is 3.17. The molecule has 0 amide bonds. The molecule has 64 valence electrons. The first-order chi connectivity index (χ1) is 5.65. The van der Waals surface area contributed by atoms with Crippen molar-refractivity contribution in [3.63, 3.8) is 0 Å². The van der Waals surface area contributed by atoms with Crippen molar-refractivity contribution in [2.75, 3.05) is 23.4 Å². The van der Waals surface area contributed by atoms with Gasteiger partial charge in [0.2, 0.25) is 0 Å². The SMILES string of the molecule is C=CN(C)c1ccc(N)cc1N. The zero-order chi connectivity index (χ0) is 9.14. The summed E-state index contributed by atoms with van der Waals surface area (Å²) in [4.78, 5) is 1.84. The lowest BCUT2D eigenvalue weighted by atomic mass is 10.2. The van der Waals surface area contributed by atoms with Crippen LogP contribution in [0.4, 0.5) is 17.1 Å². The number of nitrogens with two attached hydrogens (primary N) is 2. The van der Waals surface area contributed by atoms with Crippen molar-refractivity contribution in [2.24, 2.45) is 0 Å². The Morgan fingerprint density at radius 1 is 1.42 bits per heavy atom. The number of nitrogen functional groups attached to an aromatic ring is 2. The van der Waals surface area contributed by atoms with Crippen molar-refractivity contribution in [3.8, 4) is 0 Å². The van der Waals surface area contributed by atoms with Gasteiger partial charge in [0.05, 0.1) is 11.4 Å². The molecule has 0 unspecified atom stereocenters. The standard InChI is InChI=1S/C9H13N3/c1-3-12(2)9-5-4-7(10)6-8(9)11/h3-6H,1,10-11H2,2H3. The number of nitrogens with zero attached hydrogens (tertiary/aromatic N) is 1. The minimum atomic E-state index is 0.664. The van der Waals surface area contributed by atoms with Crippen LogP contribution in [0.1, 0.15) is 0 Å². The van der Waals surface area contributed by atoms with Gasteiger partial charge < -0.3 is 16.4 Å². The summed E-state index contributed by atoms with van der Waals surface area (Å²) in [6.07, 6.45) is 1.70. The molecule has 0 aliphatic heterocycles. The fourth-order valence-corrected chi connectivity index (χ4v) is 0.993. The van der Waals surface area contributed by atoms with E-state index in [0.29, 0.717) is 11.4 Å². The van der Waals surface area contributed by atoms with Gasteiger partial charge >= 0.3 is 0 Å². The van der Waals surface area contributed by atoms with E-state index < -0.39 is 0 Å². The van der Waals surface area contributed by atoms with E-state index in [9.17, 15) is 0 Å². The highest BCUT2D eigenvalue weighted by atomic mass is 15.1. The van der Waals surface area contributed by atoms with Crippen LogP contribution in [0.15, 0.2) is 31.0 Å². The van der Waals surface area contributed by atoms with Gasteiger partial charge in [0.1, 0.15) is 0 Å². The summed E-state index contributed by atoms with van der Waals surface area (Å²) in [7, 11) is 1.88. The second-order valence-electron chi connectivity index (χ2n) is 2.61. The third-order valence-electron chi connectivity index (χ3n) is 1.71. The Morgan fingerprint density at radius 3 is 2.58 bits per heavy atom. The number of benzene rings is 1. The Bertz CT molecular complexity index is 294. The molecule has 12 heavy (non-hydrogen) atoms. The molecule has 0 aliphatic carbocycles. The molecule has 1 rings (SSSR count). The molecular weight excluding hydrogens is 150 g/mol. The fourth-order valence-electron chi connectivity index (χ4n) is 0.993. The van der Waals surface area contributed by atoms with E-state index in [2.05, 4.69) is 6.58 Å². The van der Waals surface area contributed by atoms with Gasteiger partial charge in [0.15, 0.2) is 0 Å². The molecule has 0 aliphatic rings. The minimum absolute atomic E-state index is 0.664.